The summed E-state index contributed by atoms with van der Waals surface area (Å²) in [4.78, 5) is 0. The van der Waals surface area contributed by atoms with Crippen LogP contribution >= 0.6 is 0 Å². The van der Waals surface area contributed by atoms with Gasteiger partial charge in [-0.15, -0.1) is 0 Å². The number of rotatable bonds is 3. The third-order valence-electron chi connectivity index (χ3n) is 4.60. The van der Waals surface area contributed by atoms with Crippen molar-refractivity contribution in [2.24, 2.45) is 11.8 Å². The fourth-order valence-electron chi connectivity index (χ4n) is 3.50. The molecule has 2 fully saturated rings. The lowest BCUT2D eigenvalue weighted by atomic mass is 9.96. The first-order valence-corrected chi connectivity index (χ1v) is 7.58. The van der Waals surface area contributed by atoms with Gasteiger partial charge in [-0.25, -0.2) is 0 Å². The van der Waals surface area contributed by atoms with Crippen molar-refractivity contribution in [3.63, 3.8) is 0 Å². The Morgan fingerprint density at radius 3 is 2.19 bits per heavy atom. The van der Waals surface area contributed by atoms with Crippen LogP contribution in [0.2, 0.25) is 0 Å². The van der Waals surface area contributed by atoms with Gasteiger partial charge in [0.15, 0.2) is 0 Å². The molecular formula is C15H29N. The third kappa shape index (κ3) is 4.08. The Labute approximate surface area is 101 Å². The second-order valence-corrected chi connectivity index (χ2v) is 6.23. The largest absolute Gasteiger partial charge is 0.314 e. The fraction of sp³-hybridized carbons (Fsp3) is 1.00. The average molecular weight is 223 g/mol. The minimum Gasteiger partial charge on any atom is -0.314 e. The Morgan fingerprint density at radius 1 is 0.875 bits per heavy atom. The molecule has 0 heterocycles. The molecule has 2 aliphatic rings. The van der Waals surface area contributed by atoms with Crippen molar-refractivity contribution in [2.45, 2.75) is 77.2 Å². The van der Waals surface area contributed by atoms with Crippen LogP contribution in [0, 0.1) is 11.8 Å². The van der Waals surface area contributed by atoms with Gasteiger partial charge in [0.2, 0.25) is 0 Å². The topological polar surface area (TPSA) is 12.0 Å². The van der Waals surface area contributed by atoms with E-state index in [0.717, 1.165) is 17.9 Å². The van der Waals surface area contributed by atoms with E-state index in [2.05, 4.69) is 12.2 Å². The molecule has 0 aromatic carbocycles. The van der Waals surface area contributed by atoms with Gasteiger partial charge in [0, 0.05) is 6.04 Å². The quantitative estimate of drug-likeness (QED) is 0.758. The van der Waals surface area contributed by atoms with Gasteiger partial charge in [-0.05, 0) is 44.1 Å². The molecule has 0 bridgehead atoms. The summed E-state index contributed by atoms with van der Waals surface area (Å²) in [6.07, 6.45) is 14.6. The highest BCUT2D eigenvalue weighted by Crippen LogP contribution is 2.30. The van der Waals surface area contributed by atoms with E-state index in [1.54, 1.807) is 0 Å². The highest BCUT2D eigenvalue weighted by molar-refractivity contribution is 4.77. The predicted molar refractivity (Wildman–Crippen MR) is 70.6 cm³/mol. The van der Waals surface area contributed by atoms with E-state index < -0.39 is 0 Å². The molecule has 0 aromatic rings. The van der Waals surface area contributed by atoms with Gasteiger partial charge in [0.1, 0.15) is 0 Å². The second kappa shape index (κ2) is 6.64. The molecule has 0 saturated heterocycles. The highest BCUT2D eigenvalue weighted by Gasteiger charge is 2.21. The van der Waals surface area contributed by atoms with Crippen LogP contribution in [-0.2, 0) is 0 Å². The minimum atomic E-state index is 0.844. The van der Waals surface area contributed by atoms with Crippen molar-refractivity contribution in [3.05, 3.63) is 0 Å². The number of hydrogen-bond acceptors (Lipinski definition) is 1. The SMILES string of the molecule is CC1CCC(CNC2CCCCCCC2)C1. The summed E-state index contributed by atoms with van der Waals surface area (Å²) in [5.41, 5.74) is 0. The maximum Gasteiger partial charge on any atom is 0.00671 e. The standard InChI is InChI=1S/C15H29N/c1-13-9-10-14(11-13)12-16-15-7-5-3-2-4-6-8-15/h13-16H,2-12H2,1H3. The molecule has 0 amide bonds. The number of hydrogen-bond donors (Lipinski definition) is 1. The molecule has 1 heteroatoms. The Kier molecular flexibility index (Phi) is 5.15. The van der Waals surface area contributed by atoms with E-state index in [9.17, 15) is 0 Å². The molecule has 0 aromatic heterocycles. The van der Waals surface area contributed by atoms with Crippen LogP contribution in [0.3, 0.4) is 0 Å². The summed E-state index contributed by atoms with van der Waals surface area (Å²) in [5.74, 6) is 1.98. The van der Waals surface area contributed by atoms with Crippen LogP contribution in [-0.4, -0.2) is 12.6 Å². The second-order valence-electron chi connectivity index (χ2n) is 6.23. The molecule has 94 valence electrons. The van der Waals surface area contributed by atoms with Gasteiger partial charge < -0.3 is 5.32 Å². The van der Waals surface area contributed by atoms with E-state index >= 15 is 0 Å². The summed E-state index contributed by atoms with van der Waals surface area (Å²) in [6.45, 7) is 3.71. The van der Waals surface area contributed by atoms with Crippen molar-refractivity contribution >= 4 is 0 Å². The van der Waals surface area contributed by atoms with Gasteiger partial charge in [0.05, 0.1) is 0 Å². The first-order valence-electron chi connectivity index (χ1n) is 7.58. The average Bonchev–Trinajstić information content (AvgIpc) is 2.63. The Morgan fingerprint density at radius 2 is 1.56 bits per heavy atom. The van der Waals surface area contributed by atoms with Crippen LogP contribution in [0.1, 0.15) is 71.1 Å². The third-order valence-corrected chi connectivity index (χ3v) is 4.60. The monoisotopic (exact) mass is 223 g/mol. The smallest absolute Gasteiger partial charge is 0.00671 e. The van der Waals surface area contributed by atoms with Gasteiger partial charge >= 0.3 is 0 Å². The van der Waals surface area contributed by atoms with Gasteiger partial charge in [-0.1, -0.05) is 45.4 Å². The first-order chi connectivity index (χ1) is 7.84. The van der Waals surface area contributed by atoms with Crippen LogP contribution in [0.25, 0.3) is 0 Å². The molecule has 16 heavy (non-hydrogen) atoms. The molecule has 2 saturated carbocycles. The zero-order valence-electron chi connectivity index (χ0n) is 11.0. The van der Waals surface area contributed by atoms with Crippen molar-refractivity contribution in [2.75, 3.05) is 6.54 Å². The summed E-state index contributed by atoms with van der Waals surface area (Å²) >= 11 is 0. The van der Waals surface area contributed by atoms with E-state index in [4.69, 9.17) is 0 Å². The van der Waals surface area contributed by atoms with E-state index in [-0.39, 0.29) is 0 Å². The maximum atomic E-state index is 3.85. The van der Waals surface area contributed by atoms with E-state index in [1.165, 1.54) is 70.8 Å². The summed E-state index contributed by atoms with van der Waals surface area (Å²) < 4.78 is 0. The molecule has 0 spiro atoms. The molecule has 2 atom stereocenters. The Hall–Kier alpha value is -0.0400. The van der Waals surface area contributed by atoms with Crippen molar-refractivity contribution < 1.29 is 0 Å². The lowest BCUT2D eigenvalue weighted by Crippen LogP contribution is -2.33. The zero-order valence-corrected chi connectivity index (χ0v) is 11.0. The lowest BCUT2D eigenvalue weighted by molar-refractivity contribution is 0.358. The van der Waals surface area contributed by atoms with Crippen molar-refractivity contribution in [1.82, 2.24) is 5.32 Å². The molecule has 0 radical (unpaired) electrons. The van der Waals surface area contributed by atoms with Crippen LogP contribution in [0.15, 0.2) is 0 Å². The summed E-state index contributed by atoms with van der Waals surface area (Å²) in [5, 5.41) is 3.85. The maximum absolute atomic E-state index is 3.85. The van der Waals surface area contributed by atoms with Gasteiger partial charge in [-0.2, -0.15) is 0 Å². The normalized spacial score (nSPS) is 33.6. The molecular weight excluding hydrogens is 194 g/mol. The zero-order chi connectivity index (χ0) is 11.2. The molecule has 0 aliphatic heterocycles. The van der Waals surface area contributed by atoms with E-state index in [0.29, 0.717) is 0 Å². The Balaban J connectivity index is 1.63. The van der Waals surface area contributed by atoms with Crippen LogP contribution < -0.4 is 5.32 Å². The van der Waals surface area contributed by atoms with Crippen molar-refractivity contribution in [3.8, 4) is 0 Å². The van der Waals surface area contributed by atoms with Crippen LogP contribution in [0.4, 0.5) is 0 Å². The van der Waals surface area contributed by atoms with Crippen LogP contribution in [0.5, 0.6) is 0 Å². The van der Waals surface area contributed by atoms with Gasteiger partial charge in [0.25, 0.3) is 0 Å². The minimum absolute atomic E-state index is 0.844. The lowest BCUT2D eigenvalue weighted by Gasteiger charge is -2.23. The molecule has 1 nitrogen and oxygen atoms in total. The van der Waals surface area contributed by atoms with Crippen molar-refractivity contribution in [1.29, 1.82) is 0 Å². The fourth-order valence-corrected chi connectivity index (χ4v) is 3.50. The predicted octanol–water partition coefficient (Wildman–Crippen LogP) is 4.13. The highest BCUT2D eigenvalue weighted by atomic mass is 14.9. The Bertz CT molecular complexity index is 182. The van der Waals surface area contributed by atoms with Gasteiger partial charge in [-0.3, -0.25) is 0 Å². The summed E-state index contributed by atoms with van der Waals surface area (Å²) in [7, 11) is 0. The molecule has 2 rings (SSSR count). The van der Waals surface area contributed by atoms with E-state index in [1.807, 2.05) is 0 Å². The summed E-state index contributed by atoms with van der Waals surface area (Å²) in [6, 6.07) is 0.844. The number of nitrogens with one attached hydrogen (secondary N) is 1. The molecule has 1 N–H and O–H groups in total. The first kappa shape index (κ1) is 12.4. The molecule has 2 aliphatic carbocycles. The molecule has 2 unspecified atom stereocenters.